The lowest BCUT2D eigenvalue weighted by Crippen LogP contribution is -2.36. The van der Waals surface area contributed by atoms with Crippen LogP contribution in [0.25, 0.3) is 0 Å². The molecule has 126 valence electrons. The number of phenolic OH excluding ortho intramolecular Hbond substituents is 1. The van der Waals surface area contributed by atoms with Gasteiger partial charge >= 0.3 is 11.8 Å². The van der Waals surface area contributed by atoms with Crippen LogP contribution in [0.15, 0.2) is 48.5 Å². The van der Waals surface area contributed by atoms with Crippen LogP contribution < -0.4 is 15.4 Å². The van der Waals surface area contributed by atoms with Gasteiger partial charge in [0.1, 0.15) is 11.5 Å². The van der Waals surface area contributed by atoms with Gasteiger partial charge in [-0.25, -0.2) is 0 Å². The van der Waals surface area contributed by atoms with E-state index in [4.69, 9.17) is 4.74 Å². The number of aromatic hydroxyl groups is 1. The molecule has 0 bridgehead atoms. The molecule has 2 aromatic rings. The van der Waals surface area contributed by atoms with Crippen molar-refractivity contribution in [1.29, 1.82) is 0 Å². The van der Waals surface area contributed by atoms with Crippen molar-refractivity contribution in [3.8, 4) is 11.5 Å². The summed E-state index contributed by atoms with van der Waals surface area (Å²) in [5, 5.41) is 14.3. The Kier molecular flexibility index (Phi) is 6.19. The predicted molar refractivity (Wildman–Crippen MR) is 91.1 cm³/mol. The quantitative estimate of drug-likeness (QED) is 0.709. The summed E-state index contributed by atoms with van der Waals surface area (Å²) in [6.07, 6.45) is 0.564. The molecule has 2 aromatic carbocycles. The number of anilines is 1. The first-order valence-corrected chi connectivity index (χ1v) is 7.69. The molecule has 2 amide bonds. The van der Waals surface area contributed by atoms with E-state index in [9.17, 15) is 14.7 Å². The Labute approximate surface area is 140 Å². The molecule has 0 fully saturated rings. The highest BCUT2D eigenvalue weighted by atomic mass is 16.5. The monoisotopic (exact) mass is 328 g/mol. The normalized spacial score (nSPS) is 10.0. The van der Waals surface area contributed by atoms with Crippen molar-refractivity contribution >= 4 is 17.5 Å². The van der Waals surface area contributed by atoms with Crippen LogP contribution in [0.5, 0.6) is 11.5 Å². The van der Waals surface area contributed by atoms with E-state index in [1.54, 1.807) is 48.5 Å². The lowest BCUT2D eigenvalue weighted by molar-refractivity contribution is -0.136. The Morgan fingerprint density at radius 2 is 1.75 bits per heavy atom. The molecule has 0 saturated heterocycles. The maximum atomic E-state index is 11.9. The summed E-state index contributed by atoms with van der Waals surface area (Å²) in [4.78, 5) is 23.8. The lowest BCUT2D eigenvalue weighted by atomic mass is 10.1. The Morgan fingerprint density at radius 3 is 2.46 bits per heavy atom. The van der Waals surface area contributed by atoms with Crippen molar-refractivity contribution in [3.63, 3.8) is 0 Å². The van der Waals surface area contributed by atoms with E-state index in [1.807, 2.05) is 6.92 Å². The first-order valence-electron chi connectivity index (χ1n) is 7.69. The lowest BCUT2D eigenvalue weighted by Gasteiger charge is -2.11. The maximum Gasteiger partial charge on any atom is 0.313 e. The van der Waals surface area contributed by atoms with Crippen LogP contribution in [0, 0.1) is 0 Å². The number of hydrogen-bond donors (Lipinski definition) is 3. The second-order valence-corrected chi connectivity index (χ2v) is 5.06. The molecule has 3 N–H and O–H groups in total. The van der Waals surface area contributed by atoms with Crippen LogP contribution in [-0.2, 0) is 16.0 Å². The standard InChI is InChI=1S/C18H20N2O4/c1-2-24-16-6-4-3-5-15(16)20-18(23)17(22)19-12-11-13-7-9-14(21)10-8-13/h3-10,21H,2,11-12H2,1H3,(H,19,22)(H,20,23). The van der Waals surface area contributed by atoms with E-state index in [-0.39, 0.29) is 5.75 Å². The van der Waals surface area contributed by atoms with E-state index in [0.717, 1.165) is 5.56 Å². The second kappa shape index (κ2) is 8.57. The van der Waals surface area contributed by atoms with Crippen molar-refractivity contribution in [1.82, 2.24) is 5.32 Å². The van der Waals surface area contributed by atoms with E-state index < -0.39 is 11.8 Å². The van der Waals surface area contributed by atoms with Crippen molar-refractivity contribution in [2.45, 2.75) is 13.3 Å². The number of carbonyl (C=O) groups is 2. The van der Waals surface area contributed by atoms with Crippen LogP contribution in [0.2, 0.25) is 0 Å². The van der Waals surface area contributed by atoms with Crippen LogP contribution in [0.4, 0.5) is 5.69 Å². The van der Waals surface area contributed by atoms with Gasteiger partial charge in [-0.05, 0) is 43.2 Å². The van der Waals surface area contributed by atoms with E-state index in [1.165, 1.54) is 0 Å². The fourth-order valence-corrected chi connectivity index (χ4v) is 2.09. The average molecular weight is 328 g/mol. The minimum Gasteiger partial charge on any atom is -0.508 e. The molecule has 2 rings (SSSR count). The van der Waals surface area contributed by atoms with Crippen LogP contribution in [0.3, 0.4) is 0 Å². The molecule has 6 heteroatoms. The number of ether oxygens (including phenoxy) is 1. The molecule has 0 unspecified atom stereocenters. The van der Waals surface area contributed by atoms with Crippen LogP contribution in [0.1, 0.15) is 12.5 Å². The van der Waals surface area contributed by atoms with Gasteiger partial charge < -0.3 is 20.5 Å². The third-order valence-corrected chi connectivity index (χ3v) is 3.28. The van der Waals surface area contributed by atoms with Crippen molar-refractivity contribution in [2.24, 2.45) is 0 Å². The highest BCUT2D eigenvalue weighted by Gasteiger charge is 2.15. The molecule has 0 saturated carbocycles. The van der Waals surface area contributed by atoms with Gasteiger partial charge in [-0.3, -0.25) is 9.59 Å². The third kappa shape index (κ3) is 5.01. The highest BCUT2D eigenvalue weighted by Crippen LogP contribution is 2.23. The first kappa shape index (κ1) is 17.3. The number of benzene rings is 2. The Morgan fingerprint density at radius 1 is 1.04 bits per heavy atom. The predicted octanol–water partition coefficient (Wildman–Crippen LogP) is 2.09. The smallest absolute Gasteiger partial charge is 0.313 e. The summed E-state index contributed by atoms with van der Waals surface area (Å²) in [5.41, 5.74) is 1.41. The van der Waals surface area contributed by atoms with Gasteiger partial charge in [-0.2, -0.15) is 0 Å². The summed E-state index contributed by atoms with van der Waals surface area (Å²) < 4.78 is 5.40. The zero-order chi connectivity index (χ0) is 17.4. The van der Waals surface area contributed by atoms with E-state index >= 15 is 0 Å². The summed E-state index contributed by atoms with van der Waals surface area (Å²) in [7, 11) is 0. The van der Waals surface area contributed by atoms with Crippen molar-refractivity contribution < 1.29 is 19.4 Å². The molecule has 0 aliphatic heterocycles. The average Bonchev–Trinajstić information content (AvgIpc) is 2.58. The first-order chi connectivity index (χ1) is 11.6. The topological polar surface area (TPSA) is 87.7 Å². The zero-order valence-corrected chi connectivity index (χ0v) is 13.4. The van der Waals surface area contributed by atoms with Gasteiger partial charge in [0.05, 0.1) is 12.3 Å². The number of nitrogens with one attached hydrogen (secondary N) is 2. The molecule has 0 aliphatic rings. The minimum atomic E-state index is -0.743. The molecule has 6 nitrogen and oxygen atoms in total. The number of hydrogen-bond acceptors (Lipinski definition) is 4. The van der Waals surface area contributed by atoms with Gasteiger partial charge in [-0.1, -0.05) is 24.3 Å². The van der Waals surface area contributed by atoms with E-state index in [2.05, 4.69) is 10.6 Å². The molecule has 0 heterocycles. The van der Waals surface area contributed by atoms with Gasteiger partial charge in [0.25, 0.3) is 0 Å². The Hall–Kier alpha value is -3.02. The van der Waals surface area contributed by atoms with Gasteiger partial charge in [0.15, 0.2) is 0 Å². The molecule has 0 radical (unpaired) electrons. The Bertz CT molecular complexity index is 698. The number of amides is 2. The van der Waals surface area contributed by atoms with E-state index in [0.29, 0.717) is 31.0 Å². The van der Waals surface area contributed by atoms with Gasteiger partial charge in [0, 0.05) is 6.54 Å². The molecular weight excluding hydrogens is 308 g/mol. The molecule has 0 spiro atoms. The highest BCUT2D eigenvalue weighted by molar-refractivity contribution is 6.39. The van der Waals surface area contributed by atoms with Crippen molar-refractivity contribution in [3.05, 3.63) is 54.1 Å². The molecule has 0 aliphatic carbocycles. The summed E-state index contributed by atoms with van der Waals surface area (Å²) in [5.74, 6) is -0.742. The van der Waals surface area contributed by atoms with Gasteiger partial charge in [-0.15, -0.1) is 0 Å². The molecule has 24 heavy (non-hydrogen) atoms. The largest absolute Gasteiger partial charge is 0.508 e. The number of rotatable bonds is 6. The van der Waals surface area contributed by atoms with Crippen LogP contribution in [-0.4, -0.2) is 30.1 Å². The number of carbonyl (C=O) groups excluding carboxylic acids is 2. The Balaban J connectivity index is 1.84. The second-order valence-electron chi connectivity index (χ2n) is 5.06. The third-order valence-electron chi connectivity index (χ3n) is 3.28. The number of para-hydroxylation sites is 2. The van der Waals surface area contributed by atoms with Crippen LogP contribution >= 0.6 is 0 Å². The SMILES string of the molecule is CCOc1ccccc1NC(=O)C(=O)NCCc1ccc(O)cc1. The number of phenols is 1. The van der Waals surface area contributed by atoms with Crippen molar-refractivity contribution in [2.75, 3.05) is 18.5 Å². The zero-order valence-electron chi connectivity index (χ0n) is 13.4. The fraction of sp³-hybridized carbons (Fsp3) is 0.222. The maximum absolute atomic E-state index is 11.9. The fourth-order valence-electron chi connectivity index (χ4n) is 2.09. The van der Waals surface area contributed by atoms with Gasteiger partial charge in [0.2, 0.25) is 0 Å². The molecular formula is C18H20N2O4. The molecule has 0 atom stereocenters. The summed E-state index contributed by atoms with van der Waals surface area (Å²) >= 11 is 0. The molecule has 0 aromatic heterocycles. The summed E-state index contributed by atoms with van der Waals surface area (Å²) in [6.45, 7) is 2.63. The minimum absolute atomic E-state index is 0.190. The summed E-state index contributed by atoms with van der Waals surface area (Å²) in [6, 6.07) is 13.6.